The fourth-order valence-electron chi connectivity index (χ4n) is 4.78. The molecule has 0 aromatic rings. The van der Waals surface area contributed by atoms with Crippen LogP contribution in [0.4, 0.5) is 0 Å². The third-order valence-corrected chi connectivity index (χ3v) is 6.55. The van der Waals surface area contributed by atoms with Crippen LogP contribution in [0.3, 0.4) is 0 Å². The lowest BCUT2D eigenvalue weighted by Gasteiger charge is -2.35. The van der Waals surface area contributed by atoms with Gasteiger partial charge in [0.2, 0.25) is 0 Å². The van der Waals surface area contributed by atoms with Gasteiger partial charge < -0.3 is 4.74 Å². The van der Waals surface area contributed by atoms with E-state index >= 15 is 0 Å². The summed E-state index contributed by atoms with van der Waals surface area (Å²) in [5.41, 5.74) is 0. The molecule has 2 aliphatic carbocycles. The Labute approximate surface area is 161 Å². The Morgan fingerprint density at radius 3 is 2.38 bits per heavy atom. The average molecular weight is 361 g/mol. The van der Waals surface area contributed by atoms with Crippen molar-refractivity contribution in [3.05, 3.63) is 24.5 Å². The molecule has 0 aliphatic heterocycles. The first-order valence-electron chi connectivity index (χ1n) is 11.2. The molecule has 0 bridgehead atoms. The van der Waals surface area contributed by atoms with Crippen LogP contribution in [0.1, 0.15) is 97.3 Å². The highest BCUT2D eigenvalue weighted by atomic mass is 16.5. The zero-order valence-corrected chi connectivity index (χ0v) is 17.2. The maximum atomic E-state index is 12.4. The number of hydrogen-bond donors (Lipinski definition) is 0. The summed E-state index contributed by atoms with van der Waals surface area (Å²) in [4.78, 5) is 12.4. The number of unbranched alkanes of at least 4 members (excludes halogenated alkanes) is 1. The highest BCUT2D eigenvalue weighted by Crippen LogP contribution is 2.40. The molecular formula is C24H40O2. The molecule has 0 heterocycles. The van der Waals surface area contributed by atoms with Crippen molar-refractivity contribution in [3.63, 3.8) is 0 Å². The van der Waals surface area contributed by atoms with Crippen LogP contribution in [-0.2, 0) is 9.53 Å². The van der Waals surface area contributed by atoms with Crippen LogP contribution in [-0.4, -0.2) is 5.97 Å². The number of esters is 1. The molecule has 2 heteroatoms. The number of carbonyl (C=O) groups is 1. The summed E-state index contributed by atoms with van der Waals surface area (Å²) in [5, 5.41) is 0. The highest BCUT2D eigenvalue weighted by molar-refractivity contribution is 5.73. The Morgan fingerprint density at radius 2 is 1.73 bits per heavy atom. The van der Waals surface area contributed by atoms with Gasteiger partial charge in [-0.3, -0.25) is 4.79 Å². The Bertz CT molecular complexity index is 451. The number of hydrogen-bond acceptors (Lipinski definition) is 2. The van der Waals surface area contributed by atoms with Gasteiger partial charge in [-0.05, 0) is 55.9 Å². The van der Waals surface area contributed by atoms with Crippen LogP contribution < -0.4 is 0 Å². The maximum Gasteiger partial charge on any atom is 0.314 e. The van der Waals surface area contributed by atoms with Gasteiger partial charge in [0.25, 0.3) is 0 Å². The summed E-state index contributed by atoms with van der Waals surface area (Å²) in [6.07, 6.45) is 20.3. The number of rotatable bonds is 9. The molecule has 0 radical (unpaired) electrons. The van der Waals surface area contributed by atoms with E-state index in [0.717, 1.165) is 31.1 Å². The van der Waals surface area contributed by atoms with Crippen LogP contribution in [0.15, 0.2) is 24.5 Å². The molecule has 2 aliphatic rings. The number of carbonyl (C=O) groups excluding carboxylic acids is 1. The van der Waals surface area contributed by atoms with Crippen LogP contribution in [0, 0.1) is 23.7 Å². The van der Waals surface area contributed by atoms with Crippen molar-refractivity contribution >= 4 is 5.97 Å². The molecule has 2 rings (SSSR count). The first kappa shape index (κ1) is 21.3. The van der Waals surface area contributed by atoms with Gasteiger partial charge in [0.05, 0.1) is 5.92 Å². The van der Waals surface area contributed by atoms with Crippen LogP contribution in [0.2, 0.25) is 0 Å². The minimum Gasteiger partial charge on any atom is -0.427 e. The smallest absolute Gasteiger partial charge is 0.314 e. The molecule has 2 fully saturated rings. The van der Waals surface area contributed by atoms with Crippen molar-refractivity contribution in [2.75, 3.05) is 0 Å². The average Bonchev–Trinajstić information content (AvgIpc) is 2.67. The number of allylic oxidation sites excluding steroid dienone is 2. The summed E-state index contributed by atoms with van der Waals surface area (Å²) >= 11 is 0. The number of ether oxygens (including phenoxy) is 1. The zero-order chi connectivity index (χ0) is 18.8. The predicted molar refractivity (Wildman–Crippen MR) is 110 cm³/mol. The summed E-state index contributed by atoms with van der Waals surface area (Å²) in [6, 6.07) is 0. The normalized spacial score (nSPS) is 25.9. The minimum absolute atomic E-state index is 0.0548. The van der Waals surface area contributed by atoms with Gasteiger partial charge in [-0.2, -0.15) is 0 Å². The second kappa shape index (κ2) is 11.6. The standard InChI is InChI=1S/C24H40O2/c1-4-5-10-19(2)11-9-12-20(3)26-24(25)23-17-15-22(16-18-23)21-13-7-6-8-14-21/h9,12,19,21-23H,3-8,10-11,13-18H2,1-2H3/b12-9-. The Kier molecular flexibility index (Phi) is 9.50. The van der Waals surface area contributed by atoms with Crippen LogP contribution in [0.5, 0.6) is 0 Å². The Hall–Kier alpha value is -1.05. The molecule has 0 amide bonds. The fraction of sp³-hybridized carbons (Fsp3) is 0.792. The topological polar surface area (TPSA) is 26.3 Å². The molecule has 0 aromatic heterocycles. The predicted octanol–water partition coefficient (Wildman–Crippen LogP) is 7.20. The van der Waals surface area contributed by atoms with Crippen molar-refractivity contribution < 1.29 is 9.53 Å². The van der Waals surface area contributed by atoms with Crippen molar-refractivity contribution in [1.82, 2.24) is 0 Å². The zero-order valence-electron chi connectivity index (χ0n) is 17.2. The van der Waals surface area contributed by atoms with E-state index in [9.17, 15) is 4.79 Å². The van der Waals surface area contributed by atoms with Crippen molar-refractivity contribution in [2.24, 2.45) is 23.7 Å². The molecule has 148 valence electrons. The van der Waals surface area contributed by atoms with Gasteiger partial charge in [-0.15, -0.1) is 0 Å². The van der Waals surface area contributed by atoms with E-state index in [4.69, 9.17) is 4.74 Å². The van der Waals surface area contributed by atoms with Crippen LogP contribution >= 0.6 is 0 Å². The van der Waals surface area contributed by atoms with E-state index in [1.165, 1.54) is 64.2 Å². The van der Waals surface area contributed by atoms with Gasteiger partial charge in [-0.25, -0.2) is 0 Å². The Morgan fingerprint density at radius 1 is 1.08 bits per heavy atom. The largest absolute Gasteiger partial charge is 0.427 e. The van der Waals surface area contributed by atoms with E-state index in [1.807, 2.05) is 6.08 Å². The lowest BCUT2D eigenvalue weighted by molar-refractivity contribution is -0.145. The summed E-state index contributed by atoms with van der Waals surface area (Å²) in [7, 11) is 0. The third-order valence-electron chi connectivity index (χ3n) is 6.55. The molecule has 0 aromatic carbocycles. The highest BCUT2D eigenvalue weighted by Gasteiger charge is 2.32. The molecule has 1 atom stereocenters. The van der Waals surface area contributed by atoms with E-state index in [0.29, 0.717) is 11.7 Å². The maximum absolute atomic E-state index is 12.4. The Balaban J connectivity index is 1.65. The molecule has 0 N–H and O–H groups in total. The second-order valence-electron chi connectivity index (χ2n) is 8.78. The summed E-state index contributed by atoms with van der Waals surface area (Å²) < 4.78 is 5.51. The molecule has 2 saturated carbocycles. The third kappa shape index (κ3) is 7.29. The monoisotopic (exact) mass is 360 g/mol. The fourth-order valence-corrected chi connectivity index (χ4v) is 4.78. The molecular weight excluding hydrogens is 320 g/mol. The lowest BCUT2D eigenvalue weighted by Crippen LogP contribution is -2.27. The van der Waals surface area contributed by atoms with Gasteiger partial charge in [0.15, 0.2) is 0 Å². The molecule has 26 heavy (non-hydrogen) atoms. The minimum atomic E-state index is -0.0548. The van der Waals surface area contributed by atoms with Gasteiger partial charge in [0.1, 0.15) is 5.76 Å². The van der Waals surface area contributed by atoms with Crippen molar-refractivity contribution in [3.8, 4) is 0 Å². The van der Waals surface area contributed by atoms with E-state index in [-0.39, 0.29) is 11.9 Å². The molecule has 2 nitrogen and oxygen atoms in total. The van der Waals surface area contributed by atoms with E-state index in [1.54, 1.807) is 0 Å². The van der Waals surface area contributed by atoms with Crippen LogP contribution in [0.25, 0.3) is 0 Å². The van der Waals surface area contributed by atoms with Gasteiger partial charge >= 0.3 is 5.97 Å². The van der Waals surface area contributed by atoms with Crippen molar-refractivity contribution in [2.45, 2.75) is 97.3 Å². The van der Waals surface area contributed by atoms with Crippen molar-refractivity contribution in [1.29, 1.82) is 0 Å². The van der Waals surface area contributed by atoms with E-state index in [2.05, 4.69) is 26.5 Å². The van der Waals surface area contributed by atoms with Gasteiger partial charge in [0, 0.05) is 0 Å². The summed E-state index contributed by atoms with van der Waals surface area (Å²) in [6.45, 7) is 8.41. The lowest BCUT2D eigenvalue weighted by atomic mass is 9.71. The second-order valence-corrected chi connectivity index (χ2v) is 8.78. The van der Waals surface area contributed by atoms with Gasteiger partial charge in [-0.1, -0.05) is 77.9 Å². The SMILES string of the molecule is C=C(/C=C\CC(C)CCCC)OC(=O)C1CCC(C2CCCCC2)CC1. The molecule has 0 spiro atoms. The quantitative estimate of drug-likeness (QED) is 0.247. The molecule has 1 unspecified atom stereocenters. The molecule has 0 saturated heterocycles. The first-order valence-corrected chi connectivity index (χ1v) is 11.2. The van der Waals surface area contributed by atoms with E-state index < -0.39 is 0 Å². The first-order chi connectivity index (χ1) is 12.6. The summed E-state index contributed by atoms with van der Waals surface area (Å²) in [5.74, 6) is 3.00.